The van der Waals surface area contributed by atoms with Crippen molar-refractivity contribution in [1.29, 1.82) is 0 Å². The third kappa shape index (κ3) is 5.35. The molecule has 1 aromatic heterocycles. The quantitative estimate of drug-likeness (QED) is 0.789. The summed E-state index contributed by atoms with van der Waals surface area (Å²) in [7, 11) is 0. The topological polar surface area (TPSA) is 71.2 Å². The van der Waals surface area contributed by atoms with E-state index in [0.29, 0.717) is 18.2 Å². The first-order valence-corrected chi connectivity index (χ1v) is 6.56. The maximum absolute atomic E-state index is 11.5. The number of amides is 1. The minimum Gasteiger partial charge on any atom is -0.451 e. The molecule has 1 heterocycles. The van der Waals surface area contributed by atoms with Gasteiger partial charge in [-0.05, 0) is 34.3 Å². The molecule has 1 aromatic rings. The summed E-state index contributed by atoms with van der Waals surface area (Å²) >= 11 is 3.21. The van der Waals surface area contributed by atoms with Crippen LogP contribution < -0.4 is 5.32 Å². The van der Waals surface area contributed by atoms with Gasteiger partial charge in [0.05, 0.1) is 0 Å². The van der Waals surface area contributed by atoms with E-state index in [1.54, 1.807) is 12.3 Å². The Morgan fingerprint density at radius 2 is 2.22 bits per heavy atom. The normalized spacial score (nSPS) is 10.4. The highest BCUT2D eigenvalue weighted by molar-refractivity contribution is 9.10. The lowest BCUT2D eigenvalue weighted by Gasteiger charge is -2.07. The lowest BCUT2D eigenvalue weighted by Crippen LogP contribution is -2.30. The zero-order chi connectivity index (χ0) is 13.5. The van der Waals surface area contributed by atoms with Gasteiger partial charge >= 0.3 is 5.97 Å². The van der Waals surface area contributed by atoms with E-state index in [0.717, 1.165) is 10.9 Å². The van der Waals surface area contributed by atoms with Gasteiger partial charge in [0.25, 0.3) is 5.91 Å². The van der Waals surface area contributed by atoms with Crippen molar-refractivity contribution < 1.29 is 14.3 Å². The molecule has 1 rings (SSSR count). The van der Waals surface area contributed by atoms with Crippen LogP contribution >= 0.6 is 15.9 Å². The van der Waals surface area contributed by atoms with E-state index in [1.807, 2.05) is 0 Å². The summed E-state index contributed by atoms with van der Waals surface area (Å²) in [6, 6.07) is 1.60. The average molecular weight is 317 g/mol. The number of hydrogen-bond acceptors (Lipinski definition) is 3. The molecule has 18 heavy (non-hydrogen) atoms. The number of rotatable bonds is 6. The Morgan fingerprint density at radius 3 is 2.78 bits per heavy atom. The number of nitrogens with one attached hydrogen (secondary N) is 2. The second kappa shape index (κ2) is 7.20. The summed E-state index contributed by atoms with van der Waals surface area (Å²) in [5.41, 5.74) is 0.317. The van der Waals surface area contributed by atoms with Crippen LogP contribution in [0.4, 0.5) is 0 Å². The van der Waals surface area contributed by atoms with Crippen molar-refractivity contribution in [3.05, 3.63) is 22.4 Å². The van der Waals surface area contributed by atoms with Crippen LogP contribution in [0.3, 0.4) is 0 Å². The first-order valence-electron chi connectivity index (χ1n) is 5.76. The van der Waals surface area contributed by atoms with Crippen molar-refractivity contribution in [3.8, 4) is 0 Å². The maximum atomic E-state index is 11.5. The Balaban J connectivity index is 2.24. The van der Waals surface area contributed by atoms with Crippen LogP contribution in [0.25, 0.3) is 0 Å². The summed E-state index contributed by atoms with van der Waals surface area (Å²) < 4.78 is 5.62. The summed E-state index contributed by atoms with van der Waals surface area (Å²) in [6.45, 7) is 4.50. The molecular weight excluding hydrogens is 300 g/mol. The van der Waals surface area contributed by atoms with Crippen molar-refractivity contribution in [2.45, 2.75) is 20.3 Å². The molecule has 0 saturated carbocycles. The zero-order valence-electron chi connectivity index (χ0n) is 10.5. The van der Waals surface area contributed by atoms with E-state index in [1.165, 1.54) is 0 Å². The third-order valence-electron chi connectivity index (χ3n) is 2.25. The third-order valence-corrected chi connectivity index (χ3v) is 2.70. The van der Waals surface area contributed by atoms with Gasteiger partial charge in [-0.2, -0.15) is 0 Å². The van der Waals surface area contributed by atoms with Gasteiger partial charge in [0.15, 0.2) is 6.61 Å². The standard InChI is InChI=1S/C12H17BrN2O3/c1-8(2)3-4-14-11(16)7-18-12(17)10-5-9(13)6-15-10/h5-6,8,15H,3-4,7H2,1-2H3,(H,14,16). The van der Waals surface area contributed by atoms with E-state index < -0.39 is 5.97 Å². The van der Waals surface area contributed by atoms with Crippen molar-refractivity contribution in [3.63, 3.8) is 0 Å². The van der Waals surface area contributed by atoms with E-state index in [4.69, 9.17) is 4.74 Å². The second-order valence-electron chi connectivity index (χ2n) is 4.34. The molecule has 100 valence electrons. The molecule has 0 saturated heterocycles. The SMILES string of the molecule is CC(C)CCNC(=O)COC(=O)c1cc(Br)c[nH]1. The van der Waals surface area contributed by atoms with E-state index in [9.17, 15) is 9.59 Å². The first kappa shape index (κ1) is 14.8. The zero-order valence-corrected chi connectivity index (χ0v) is 12.0. The van der Waals surface area contributed by atoms with Gasteiger partial charge in [-0.3, -0.25) is 4.79 Å². The smallest absolute Gasteiger partial charge is 0.355 e. The van der Waals surface area contributed by atoms with Gasteiger partial charge < -0.3 is 15.0 Å². The molecule has 0 radical (unpaired) electrons. The van der Waals surface area contributed by atoms with Crippen LogP contribution in [0.15, 0.2) is 16.7 Å². The van der Waals surface area contributed by atoms with Gasteiger partial charge in [-0.1, -0.05) is 13.8 Å². The molecule has 2 N–H and O–H groups in total. The Hall–Kier alpha value is -1.30. The minimum atomic E-state index is -0.542. The van der Waals surface area contributed by atoms with Crippen LogP contribution in [0.2, 0.25) is 0 Å². The fraction of sp³-hybridized carbons (Fsp3) is 0.500. The van der Waals surface area contributed by atoms with Crippen molar-refractivity contribution in [2.24, 2.45) is 5.92 Å². The summed E-state index contributed by atoms with van der Waals surface area (Å²) in [6.07, 6.45) is 2.53. The molecule has 0 aromatic carbocycles. The van der Waals surface area contributed by atoms with E-state index in [2.05, 4.69) is 40.1 Å². The second-order valence-corrected chi connectivity index (χ2v) is 5.26. The number of hydrogen-bond donors (Lipinski definition) is 2. The molecule has 0 bridgehead atoms. The van der Waals surface area contributed by atoms with Crippen LogP contribution in [0.1, 0.15) is 30.8 Å². The number of ether oxygens (including phenoxy) is 1. The fourth-order valence-corrected chi connectivity index (χ4v) is 1.59. The molecule has 0 atom stereocenters. The van der Waals surface area contributed by atoms with Gasteiger partial charge in [0, 0.05) is 17.2 Å². The van der Waals surface area contributed by atoms with Crippen molar-refractivity contribution >= 4 is 27.8 Å². The monoisotopic (exact) mass is 316 g/mol. The number of aromatic amines is 1. The number of esters is 1. The molecule has 0 aliphatic carbocycles. The number of halogens is 1. The molecule has 0 spiro atoms. The molecule has 0 aliphatic heterocycles. The first-order chi connectivity index (χ1) is 8.49. The highest BCUT2D eigenvalue weighted by Crippen LogP contribution is 2.11. The highest BCUT2D eigenvalue weighted by Gasteiger charge is 2.11. The Kier molecular flexibility index (Phi) is 5.91. The van der Waals surface area contributed by atoms with Gasteiger partial charge in [-0.15, -0.1) is 0 Å². The number of carbonyl (C=O) groups is 2. The minimum absolute atomic E-state index is 0.256. The summed E-state index contributed by atoms with van der Waals surface area (Å²) in [4.78, 5) is 25.6. The van der Waals surface area contributed by atoms with Crippen molar-refractivity contribution in [2.75, 3.05) is 13.2 Å². The Morgan fingerprint density at radius 1 is 1.50 bits per heavy atom. The summed E-state index contributed by atoms with van der Waals surface area (Å²) in [5.74, 6) is -0.293. The lowest BCUT2D eigenvalue weighted by molar-refractivity contribution is -0.124. The molecule has 0 fully saturated rings. The molecular formula is C12H17BrN2O3. The molecule has 0 unspecified atom stereocenters. The Labute approximate surface area is 114 Å². The average Bonchev–Trinajstić information content (AvgIpc) is 2.72. The summed E-state index contributed by atoms with van der Waals surface area (Å²) in [5, 5.41) is 2.69. The van der Waals surface area contributed by atoms with Crippen molar-refractivity contribution in [1.82, 2.24) is 10.3 Å². The highest BCUT2D eigenvalue weighted by atomic mass is 79.9. The largest absolute Gasteiger partial charge is 0.451 e. The number of H-pyrrole nitrogens is 1. The van der Waals surface area contributed by atoms with Crippen LogP contribution in [-0.2, 0) is 9.53 Å². The van der Waals surface area contributed by atoms with Crippen LogP contribution in [0, 0.1) is 5.92 Å². The number of aromatic nitrogens is 1. The van der Waals surface area contributed by atoms with Gasteiger partial charge in [0.2, 0.25) is 0 Å². The maximum Gasteiger partial charge on any atom is 0.355 e. The lowest BCUT2D eigenvalue weighted by atomic mass is 10.1. The molecule has 6 heteroatoms. The van der Waals surface area contributed by atoms with E-state index in [-0.39, 0.29) is 12.5 Å². The van der Waals surface area contributed by atoms with Crippen LogP contribution in [0.5, 0.6) is 0 Å². The molecule has 1 amide bonds. The number of carbonyl (C=O) groups excluding carboxylic acids is 2. The van der Waals surface area contributed by atoms with Crippen LogP contribution in [-0.4, -0.2) is 30.0 Å². The molecule has 5 nitrogen and oxygen atoms in total. The van der Waals surface area contributed by atoms with E-state index >= 15 is 0 Å². The predicted octanol–water partition coefficient (Wildman–Crippen LogP) is 2.10. The molecule has 0 aliphatic rings. The fourth-order valence-electron chi connectivity index (χ4n) is 1.25. The predicted molar refractivity (Wildman–Crippen MR) is 71.2 cm³/mol. The van der Waals surface area contributed by atoms with Gasteiger partial charge in [0.1, 0.15) is 5.69 Å². The van der Waals surface area contributed by atoms with Gasteiger partial charge in [-0.25, -0.2) is 4.79 Å². The Bertz CT molecular complexity index is 415.